The summed E-state index contributed by atoms with van der Waals surface area (Å²) < 4.78 is 36.5. The summed E-state index contributed by atoms with van der Waals surface area (Å²) in [6, 6.07) is 39.8. The van der Waals surface area contributed by atoms with Gasteiger partial charge < -0.3 is 15.0 Å². The topological polar surface area (TPSA) is 96.0 Å². The quantitative estimate of drug-likeness (QED) is 0.132. The van der Waals surface area contributed by atoms with Crippen molar-refractivity contribution < 1.29 is 22.7 Å². The average Bonchev–Trinajstić information content (AvgIpc) is 3.10. The number of rotatable bonds is 13. The third-order valence-electron chi connectivity index (χ3n) is 7.75. The zero-order chi connectivity index (χ0) is 35.7. The number of amides is 2. The van der Waals surface area contributed by atoms with Gasteiger partial charge in [0.1, 0.15) is 24.1 Å². The summed E-state index contributed by atoms with van der Waals surface area (Å²) in [7, 11) is -4.23. The summed E-state index contributed by atoms with van der Waals surface area (Å²) >= 11 is 3.47. The Bertz CT molecular complexity index is 1970. The molecule has 8 nitrogen and oxygen atoms in total. The summed E-state index contributed by atoms with van der Waals surface area (Å²) in [4.78, 5) is 30.3. The third-order valence-corrected chi connectivity index (χ3v) is 10.1. The maximum Gasteiger partial charge on any atom is 0.264 e. The second-order valence-corrected chi connectivity index (χ2v) is 15.6. The van der Waals surface area contributed by atoms with E-state index in [1.807, 2.05) is 106 Å². The van der Waals surface area contributed by atoms with Crippen LogP contribution in [0, 0.1) is 0 Å². The summed E-state index contributed by atoms with van der Waals surface area (Å²) in [6.07, 6.45) is 0.224. The lowest BCUT2D eigenvalue weighted by molar-refractivity contribution is -0.140. The van der Waals surface area contributed by atoms with E-state index in [9.17, 15) is 18.0 Å². The van der Waals surface area contributed by atoms with Crippen molar-refractivity contribution >= 4 is 43.5 Å². The van der Waals surface area contributed by atoms with Gasteiger partial charge in [-0.2, -0.15) is 0 Å². The van der Waals surface area contributed by atoms with Crippen LogP contribution < -0.4 is 14.4 Å². The molecule has 1 atom stereocenters. The van der Waals surface area contributed by atoms with Crippen LogP contribution in [-0.2, 0) is 32.6 Å². The minimum absolute atomic E-state index is 0.0307. The summed E-state index contributed by atoms with van der Waals surface area (Å²) in [5, 5.41) is 3.05. The first kappa shape index (κ1) is 36.4. The number of sulfonamides is 1. The van der Waals surface area contributed by atoms with Crippen molar-refractivity contribution in [3.8, 4) is 11.5 Å². The van der Waals surface area contributed by atoms with E-state index in [-0.39, 0.29) is 29.5 Å². The highest BCUT2D eigenvalue weighted by Crippen LogP contribution is 2.29. The molecule has 0 aromatic heterocycles. The standard InChI is InChI=1S/C40H40BrN3O5S/c1-40(2,3)42-39(46)37(27-30-13-7-4-8-14-30)43(28-31-19-21-32(41)22-20-31)38(45)29-44(50(47,48)36-17-11-6-12-18-36)33-23-25-35(26-24-33)49-34-15-9-5-10-16-34/h4-26,37H,27-29H2,1-3H3,(H,42,46)/t37-/m0/s1. The van der Waals surface area contributed by atoms with Crippen molar-refractivity contribution in [2.24, 2.45) is 0 Å². The van der Waals surface area contributed by atoms with Gasteiger partial charge in [0, 0.05) is 23.0 Å². The van der Waals surface area contributed by atoms with Crippen LogP contribution in [0.25, 0.3) is 0 Å². The van der Waals surface area contributed by atoms with Crippen LogP contribution in [0.4, 0.5) is 5.69 Å². The Morgan fingerprint density at radius 1 is 0.720 bits per heavy atom. The van der Waals surface area contributed by atoms with Crippen molar-refractivity contribution in [1.82, 2.24) is 10.2 Å². The zero-order valence-corrected chi connectivity index (χ0v) is 30.6. The van der Waals surface area contributed by atoms with Crippen LogP contribution in [0.5, 0.6) is 11.5 Å². The predicted octanol–water partition coefficient (Wildman–Crippen LogP) is 7.99. The van der Waals surface area contributed by atoms with Gasteiger partial charge in [-0.3, -0.25) is 13.9 Å². The molecule has 2 amide bonds. The molecule has 0 spiro atoms. The molecule has 258 valence electrons. The molecular weight excluding hydrogens is 714 g/mol. The fourth-order valence-corrected chi connectivity index (χ4v) is 7.05. The highest BCUT2D eigenvalue weighted by molar-refractivity contribution is 9.10. The van der Waals surface area contributed by atoms with Gasteiger partial charge in [-0.05, 0) is 92.6 Å². The fraction of sp³-hybridized carbons (Fsp3) is 0.200. The molecule has 0 aliphatic rings. The maximum absolute atomic E-state index is 14.7. The first-order chi connectivity index (χ1) is 23.9. The Kier molecular flexibility index (Phi) is 11.8. The van der Waals surface area contributed by atoms with Gasteiger partial charge in [-0.25, -0.2) is 8.42 Å². The number of halogens is 1. The van der Waals surface area contributed by atoms with Crippen LogP contribution in [0.3, 0.4) is 0 Å². The molecule has 0 heterocycles. The number of hydrogen-bond acceptors (Lipinski definition) is 5. The van der Waals surface area contributed by atoms with Crippen LogP contribution in [-0.4, -0.2) is 43.3 Å². The van der Waals surface area contributed by atoms with E-state index in [2.05, 4.69) is 21.2 Å². The number of ether oxygens (including phenoxy) is 1. The lowest BCUT2D eigenvalue weighted by Crippen LogP contribution is -2.56. The second-order valence-electron chi connectivity index (χ2n) is 12.8. The van der Waals surface area contributed by atoms with Gasteiger partial charge in [-0.1, -0.05) is 94.8 Å². The van der Waals surface area contributed by atoms with E-state index in [4.69, 9.17) is 4.74 Å². The molecule has 10 heteroatoms. The molecule has 5 aromatic carbocycles. The molecule has 1 N–H and O–H groups in total. The van der Waals surface area contributed by atoms with E-state index in [0.717, 1.165) is 19.9 Å². The highest BCUT2D eigenvalue weighted by Gasteiger charge is 2.35. The Hall–Kier alpha value is -4.93. The van der Waals surface area contributed by atoms with Crippen molar-refractivity contribution in [1.29, 1.82) is 0 Å². The largest absolute Gasteiger partial charge is 0.457 e. The smallest absolute Gasteiger partial charge is 0.264 e. The normalized spacial score (nSPS) is 12.1. The monoisotopic (exact) mass is 753 g/mol. The number of nitrogens with zero attached hydrogens (tertiary/aromatic N) is 2. The molecule has 0 bridgehead atoms. The first-order valence-corrected chi connectivity index (χ1v) is 18.4. The number of benzene rings is 5. The van der Waals surface area contributed by atoms with E-state index >= 15 is 0 Å². The van der Waals surface area contributed by atoms with Gasteiger partial charge in [0.15, 0.2) is 0 Å². The van der Waals surface area contributed by atoms with Gasteiger partial charge in [0.2, 0.25) is 11.8 Å². The first-order valence-electron chi connectivity index (χ1n) is 16.2. The number of hydrogen-bond donors (Lipinski definition) is 1. The van der Waals surface area contributed by atoms with Crippen molar-refractivity contribution in [2.75, 3.05) is 10.8 Å². The highest BCUT2D eigenvalue weighted by atomic mass is 79.9. The molecule has 50 heavy (non-hydrogen) atoms. The molecule has 0 unspecified atom stereocenters. The summed E-state index contributed by atoms with van der Waals surface area (Å²) in [5.74, 6) is 0.251. The molecule has 5 rings (SSSR count). The molecule has 0 fully saturated rings. The number of anilines is 1. The second kappa shape index (κ2) is 16.2. The Morgan fingerprint density at radius 3 is 1.84 bits per heavy atom. The maximum atomic E-state index is 14.7. The number of carbonyl (C=O) groups is 2. The van der Waals surface area contributed by atoms with Crippen molar-refractivity contribution in [3.63, 3.8) is 0 Å². The molecule has 0 saturated heterocycles. The SMILES string of the molecule is CC(C)(C)NC(=O)[C@H](Cc1ccccc1)N(Cc1ccc(Br)cc1)C(=O)CN(c1ccc(Oc2ccccc2)cc1)S(=O)(=O)c1ccccc1. The summed E-state index contributed by atoms with van der Waals surface area (Å²) in [6.45, 7) is 5.16. The predicted molar refractivity (Wildman–Crippen MR) is 200 cm³/mol. The fourth-order valence-electron chi connectivity index (χ4n) is 5.35. The molecule has 0 saturated carbocycles. The molecule has 0 aliphatic heterocycles. The Labute approximate surface area is 302 Å². The minimum atomic E-state index is -4.23. The molecule has 0 radical (unpaired) electrons. The van der Waals surface area contributed by atoms with Crippen LogP contribution in [0.1, 0.15) is 31.9 Å². The van der Waals surface area contributed by atoms with Gasteiger partial charge in [0.05, 0.1) is 10.6 Å². The van der Waals surface area contributed by atoms with Gasteiger partial charge in [0.25, 0.3) is 10.0 Å². The Morgan fingerprint density at radius 2 is 1.26 bits per heavy atom. The minimum Gasteiger partial charge on any atom is -0.457 e. The number of para-hydroxylation sites is 1. The molecular formula is C40H40BrN3O5S. The molecule has 0 aliphatic carbocycles. The van der Waals surface area contributed by atoms with E-state index in [1.165, 1.54) is 17.0 Å². The number of nitrogens with one attached hydrogen (secondary N) is 1. The number of carbonyl (C=O) groups excluding carboxylic acids is 2. The van der Waals surface area contributed by atoms with E-state index < -0.39 is 34.1 Å². The van der Waals surface area contributed by atoms with Gasteiger partial charge >= 0.3 is 0 Å². The molecule has 5 aromatic rings. The van der Waals surface area contributed by atoms with E-state index in [1.54, 1.807) is 42.5 Å². The van der Waals surface area contributed by atoms with Crippen LogP contribution >= 0.6 is 15.9 Å². The zero-order valence-electron chi connectivity index (χ0n) is 28.2. The van der Waals surface area contributed by atoms with Crippen LogP contribution in [0.2, 0.25) is 0 Å². The van der Waals surface area contributed by atoms with Gasteiger partial charge in [-0.15, -0.1) is 0 Å². The summed E-state index contributed by atoms with van der Waals surface area (Å²) in [5.41, 5.74) is 1.33. The lowest BCUT2D eigenvalue weighted by Gasteiger charge is -2.35. The average molecular weight is 755 g/mol. The van der Waals surface area contributed by atoms with Crippen molar-refractivity contribution in [3.05, 3.63) is 155 Å². The van der Waals surface area contributed by atoms with Crippen LogP contribution in [0.15, 0.2) is 149 Å². The van der Waals surface area contributed by atoms with Crippen molar-refractivity contribution in [2.45, 2.75) is 50.2 Å². The third kappa shape index (κ3) is 9.83. The Balaban J connectivity index is 1.56. The van der Waals surface area contributed by atoms with E-state index in [0.29, 0.717) is 11.5 Å². The lowest BCUT2D eigenvalue weighted by atomic mass is 10.0.